The summed E-state index contributed by atoms with van der Waals surface area (Å²) in [5, 5.41) is 92.1. The van der Waals surface area contributed by atoms with Gasteiger partial charge < -0.3 is 133 Å². The molecule has 15 atom stereocenters. The molecule has 1 aromatic heterocycles. The number of rotatable bonds is 21. The number of thioether (sulfide) groups is 3. The summed E-state index contributed by atoms with van der Waals surface area (Å²) in [5.74, 6) is -33.8. The van der Waals surface area contributed by atoms with Crippen molar-refractivity contribution >= 4 is 182 Å². The van der Waals surface area contributed by atoms with Gasteiger partial charge in [0.05, 0.1) is 42.6 Å². The molecule has 0 saturated heterocycles. The number of carbonyl (C=O) groups excluding carboxylic acids is 19. The van der Waals surface area contributed by atoms with Crippen LogP contribution in [0.4, 0.5) is 0 Å². The number of benzene rings is 4. The van der Waals surface area contributed by atoms with Crippen LogP contribution in [0.3, 0.4) is 0 Å². The number of amides is 19. The lowest BCUT2D eigenvalue weighted by Crippen LogP contribution is -2.62. The number of primary amides is 2. The number of carbonyl (C=O) groups is 23. The van der Waals surface area contributed by atoms with E-state index in [1.165, 1.54) is 76.2 Å². The molecule has 4 bridgehead atoms. The van der Waals surface area contributed by atoms with Crippen LogP contribution < -0.4 is 125 Å². The van der Waals surface area contributed by atoms with Gasteiger partial charge in [-0.25, -0.2) is 28.1 Å². The first-order chi connectivity index (χ1) is 70.3. The topological polar surface area (TPSA) is 842 Å². The number of aliphatic carboxylic acids is 4. The molecule has 808 valence electrons. The van der Waals surface area contributed by atoms with Crippen LogP contribution in [0.2, 0.25) is 0 Å². The molecule has 0 aliphatic carbocycles. The minimum absolute atomic E-state index is 0.168. The summed E-state index contributed by atoms with van der Waals surface area (Å²) in [6.07, 6.45) is -8.90. The molecule has 54 nitrogen and oxygen atoms in total. The van der Waals surface area contributed by atoms with Crippen LogP contribution >= 0.6 is 35.3 Å². The van der Waals surface area contributed by atoms with Crippen molar-refractivity contribution in [3.05, 3.63) is 145 Å². The third-order valence-electron chi connectivity index (χ3n) is 22.7. The van der Waals surface area contributed by atoms with Crippen molar-refractivity contribution in [3.63, 3.8) is 0 Å². The fourth-order valence-electron chi connectivity index (χ4n) is 14.7. The molecule has 0 unspecified atom stereocenters. The maximum absolute atomic E-state index is 15.2. The van der Waals surface area contributed by atoms with E-state index < -0.39 is 387 Å². The van der Waals surface area contributed by atoms with Crippen molar-refractivity contribution in [1.29, 1.82) is 0 Å². The molecular weight excluding hydrogens is 2020 g/mol. The predicted octanol–water partition coefficient (Wildman–Crippen LogP) is -9.41. The van der Waals surface area contributed by atoms with Crippen LogP contribution in [0, 0.1) is 5.41 Å². The number of phenols is 1. The van der Waals surface area contributed by atoms with Crippen molar-refractivity contribution < 1.29 is 136 Å². The Bertz CT molecular complexity index is 6000. The molecule has 28 N–H and O–H groups in total. The quantitative estimate of drug-likeness (QED) is 0.0324. The number of hydrogen-bond donors (Lipinski definition) is 25. The Labute approximate surface area is 861 Å². The second-order valence-corrected chi connectivity index (χ2v) is 38.8. The largest absolute Gasteiger partial charge is 0.508 e. The highest BCUT2D eigenvalue weighted by atomic mass is 32.2. The first-order valence-electron chi connectivity index (χ1n) is 46.5. The molecule has 0 spiro atoms. The highest BCUT2D eigenvalue weighted by molar-refractivity contribution is 8.00. The zero-order valence-electron chi connectivity index (χ0n) is 81.6. The standard InChI is InChI=1S/C92H121N23O31S3/c1-45(93)75(130)110-63-40-148-43-67(119)97-28-31-114-89(144)113-30-27-96-66(118)42-147-39-62(74(95)129)109-88(143)73(92(4,5)6)112-85(140)61(38-72(127)128)108-82(137)57(34-49-19-21-52(116)22-20-49)104-81(136)56(33-48-13-8-7-9-14-48)105-84(139)60(37-71(125)126)107-79(134)55(24-26-70(123)124)102-87(142)64(41-149-44-68(120)98-29-32-115(90(113)145)91(114)146)111-77(132)47(3)99-80(135)58(35-51-17-12-16-50-15-10-11-18-53(50)51)106-78(133)54(23-25-69(121)122)101-83(138)59(36-65(94)117)103-76(131)46(2)100-86(63)141/h7-22,45-47,54-64,73,116H,23-44,93H2,1-6H3,(H2,94,117)(H2,95,129)(H,96,118)(H,97,119)(H,98,120)(H,99,135)(H,100,141)(H,101,138)(H,102,142)(H,103,131)(H,104,136)(H,105,139)(H,106,133)(H,107,134)(H,108,137)(H,109,143)(H,110,130)(H,111,132)(H,112,140)(H,121,122)(H,123,124)(H,125,126)(H,127,128)/t45-,46+,47+,54-,55-,56-,57-,58-,59-,60-,61-,62-,63-,64+,73+/m0/s1. The average Bonchev–Trinajstić information content (AvgIpc) is 0.782. The first-order valence-corrected chi connectivity index (χ1v) is 50.0. The zero-order valence-corrected chi connectivity index (χ0v) is 84.1. The van der Waals surface area contributed by atoms with Crippen LogP contribution in [-0.2, 0) is 149 Å². The molecule has 57 heteroatoms. The highest BCUT2D eigenvalue weighted by Gasteiger charge is 2.42. The lowest BCUT2D eigenvalue weighted by molar-refractivity contribution is -0.142. The van der Waals surface area contributed by atoms with Crippen LogP contribution in [-0.4, -0.2) is 320 Å². The van der Waals surface area contributed by atoms with E-state index in [2.05, 4.69) is 90.4 Å². The number of aromatic hydroxyl groups is 1. The molecule has 0 radical (unpaired) electrons. The van der Waals surface area contributed by atoms with Gasteiger partial charge in [0.1, 0.15) is 90.3 Å². The van der Waals surface area contributed by atoms with Crippen molar-refractivity contribution in [2.75, 3.05) is 54.2 Å². The molecule has 19 amide bonds. The molecule has 0 fully saturated rings. The number of nitrogens with one attached hydrogen (secondary N) is 17. The predicted molar refractivity (Wildman–Crippen MR) is 533 cm³/mol. The number of nitrogens with two attached hydrogens (primary N) is 3. The van der Waals surface area contributed by atoms with Crippen molar-refractivity contribution in [2.24, 2.45) is 22.6 Å². The summed E-state index contributed by atoms with van der Waals surface area (Å²) in [6.45, 7) is 3.59. The van der Waals surface area contributed by atoms with Gasteiger partial charge in [0.25, 0.3) is 0 Å². The summed E-state index contributed by atoms with van der Waals surface area (Å²) in [7, 11) is 0. The van der Waals surface area contributed by atoms with Gasteiger partial charge in [-0.3, -0.25) is 110 Å². The molecule has 2 aliphatic heterocycles. The van der Waals surface area contributed by atoms with Gasteiger partial charge in [-0.15, -0.1) is 35.3 Å². The molecule has 4 aromatic carbocycles. The molecule has 2 aliphatic rings. The highest BCUT2D eigenvalue weighted by Crippen LogP contribution is 2.24. The fraction of sp³-hybridized carbons (Fsp3) is 0.478. The number of nitrogens with zero attached hydrogens (tertiary/aromatic N) is 3. The third-order valence-corrected chi connectivity index (χ3v) is 25.8. The van der Waals surface area contributed by atoms with Crippen LogP contribution in [0.25, 0.3) is 10.8 Å². The lowest BCUT2D eigenvalue weighted by Gasteiger charge is -2.33. The Balaban J connectivity index is 1.37. The minimum atomic E-state index is -2.33. The van der Waals surface area contributed by atoms with E-state index in [-0.39, 0.29) is 16.9 Å². The smallest absolute Gasteiger partial charge is 0.336 e. The molecule has 7 rings (SSSR count). The van der Waals surface area contributed by atoms with E-state index in [4.69, 9.17) is 17.2 Å². The number of hydrogen-bond acceptors (Lipinski definition) is 31. The Morgan fingerprint density at radius 1 is 0.403 bits per heavy atom. The molecule has 3 heterocycles. The van der Waals surface area contributed by atoms with E-state index in [0.29, 0.717) is 65.3 Å². The van der Waals surface area contributed by atoms with E-state index >= 15 is 14.4 Å². The summed E-state index contributed by atoms with van der Waals surface area (Å²) < 4.78 is 1.44. The van der Waals surface area contributed by atoms with E-state index in [1.54, 1.807) is 48.5 Å². The summed E-state index contributed by atoms with van der Waals surface area (Å²) in [4.78, 5) is 365. The van der Waals surface area contributed by atoms with Gasteiger partial charge >= 0.3 is 40.9 Å². The van der Waals surface area contributed by atoms with E-state index in [9.17, 15) is 136 Å². The van der Waals surface area contributed by atoms with E-state index in [1.807, 2.05) is 0 Å². The van der Waals surface area contributed by atoms with Crippen LogP contribution in [0.5, 0.6) is 5.75 Å². The molecule has 5 aromatic rings. The zero-order chi connectivity index (χ0) is 110. The first kappa shape index (κ1) is 120. The number of aromatic nitrogens is 3. The van der Waals surface area contributed by atoms with Gasteiger partial charge in [0, 0.05) is 88.6 Å². The van der Waals surface area contributed by atoms with Gasteiger partial charge in [-0.2, -0.15) is 0 Å². The van der Waals surface area contributed by atoms with Crippen molar-refractivity contribution in [1.82, 2.24) is 104 Å². The summed E-state index contributed by atoms with van der Waals surface area (Å²) in [5.41, 5.74) is 12.5. The number of phenolic OH excluding ortho intramolecular Hbond substituents is 1. The second-order valence-electron chi connectivity index (χ2n) is 35.7. The van der Waals surface area contributed by atoms with Gasteiger partial charge in [-0.05, 0) is 78.6 Å². The lowest BCUT2D eigenvalue weighted by atomic mass is 9.85. The van der Waals surface area contributed by atoms with Gasteiger partial charge in [-0.1, -0.05) is 106 Å². The molecular formula is C92H121N23O31S3. The van der Waals surface area contributed by atoms with Gasteiger partial charge in [0.2, 0.25) is 112 Å². The maximum Gasteiger partial charge on any atom is 0.336 e. The van der Waals surface area contributed by atoms with Gasteiger partial charge in [0.15, 0.2) is 0 Å². The summed E-state index contributed by atoms with van der Waals surface area (Å²) in [6, 6.07) is -4.53. The Morgan fingerprint density at radius 2 is 0.785 bits per heavy atom. The molecule has 0 saturated carbocycles. The Morgan fingerprint density at radius 3 is 1.25 bits per heavy atom. The Hall–Kier alpha value is -15.8. The summed E-state index contributed by atoms with van der Waals surface area (Å²) >= 11 is 1.92. The monoisotopic (exact) mass is 2140 g/mol. The second kappa shape index (κ2) is 57.9. The fourth-order valence-corrected chi connectivity index (χ4v) is 17.4. The van der Waals surface area contributed by atoms with E-state index in [0.717, 1.165) is 13.8 Å². The number of carboxylic acids is 4. The van der Waals surface area contributed by atoms with Crippen LogP contribution in [0.1, 0.15) is 103 Å². The molecule has 149 heavy (non-hydrogen) atoms. The minimum Gasteiger partial charge on any atom is -0.508 e. The SMILES string of the molecule is C[C@H](N)C(=O)N[C@H]1CSCC(=O)NCCn2c(=O)n3c(=O)n(c2=O)CCNC(=O)CSC[C@@H](NC(=O)[C@@H](C)NC(=O)[C@H](Cc2cccc4ccccc24)NC(=O)[C@H](CCC(=O)O)NC(=O)[C@H](CC(N)=O)NC(=O)[C@@H](C)NC1=O)C(=O)N[C@@H](CCC(=O)O)C(=O)N[C@@H](CC(=O)O)C(=O)N[C@@H](Cc1ccccc1)C(=O)N[C@@H](Cc1ccc(O)cc1)C(=O)N[C@@H](CC(=O)O)C(=O)N[C@@H](C(C)(C)C)C(=O)N[C@H](C(N)=O)CSCC(=O)NCC3. The van der Waals surface area contributed by atoms with Crippen LogP contribution in [0.15, 0.2) is 111 Å². The number of carboxylic acid groups (broad SMARTS) is 4. The average molecular weight is 2140 g/mol. The number of fused-ring (bicyclic) bond motifs is 10. The third kappa shape index (κ3) is 39.2. The van der Waals surface area contributed by atoms with Crippen molar-refractivity contribution in [3.8, 4) is 5.75 Å². The maximum atomic E-state index is 15.2. The Kier molecular flexibility index (Phi) is 46.7. The van der Waals surface area contributed by atoms with Crippen molar-refractivity contribution in [2.45, 2.75) is 216 Å². The normalized spacial score (nSPS) is 23.4.